The number of fused-ring (bicyclic) bond motifs is 1. The van der Waals surface area contributed by atoms with Crippen LogP contribution in [0.4, 0.5) is 0 Å². The number of hydrogen-bond donors (Lipinski definition) is 1. The number of benzene rings is 3. The lowest BCUT2D eigenvalue weighted by atomic mass is 9.91. The van der Waals surface area contributed by atoms with Crippen molar-refractivity contribution in [2.75, 3.05) is 6.54 Å². The summed E-state index contributed by atoms with van der Waals surface area (Å²) in [6.07, 6.45) is 4.61. The normalized spacial score (nSPS) is 16.3. The zero-order valence-corrected chi connectivity index (χ0v) is 21.6. The van der Waals surface area contributed by atoms with Crippen LogP contribution in [0.25, 0.3) is 0 Å². The Morgan fingerprint density at radius 2 is 1.78 bits per heavy atom. The molecule has 0 saturated carbocycles. The van der Waals surface area contributed by atoms with Crippen molar-refractivity contribution < 1.29 is 19.4 Å². The largest absolute Gasteiger partial charge is 0.487 e. The molecule has 1 atom stereocenters. The molecule has 0 saturated heterocycles. The molecule has 3 aromatic rings. The minimum atomic E-state index is -1.04. The van der Waals surface area contributed by atoms with Gasteiger partial charge in [-0.15, -0.1) is 0 Å². The smallest absolute Gasteiger partial charge is 0.323 e. The van der Waals surface area contributed by atoms with Gasteiger partial charge in [0, 0.05) is 30.0 Å². The second kappa shape index (κ2) is 11.2. The molecule has 1 N–H and O–H groups in total. The van der Waals surface area contributed by atoms with Crippen molar-refractivity contribution >= 4 is 23.5 Å². The second-order valence-corrected chi connectivity index (χ2v) is 10.3. The van der Waals surface area contributed by atoms with Crippen molar-refractivity contribution in [3.05, 3.63) is 99.6 Å². The number of hydrogen-bond acceptors (Lipinski definition) is 3. The topological polar surface area (TPSA) is 66.8 Å². The zero-order valence-electron chi connectivity index (χ0n) is 20.8. The highest BCUT2D eigenvalue weighted by atomic mass is 35.5. The molecule has 3 aromatic carbocycles. The van der Waals surface area contributed by atoms with Crippen LogP contribution in [0.1, 0.15) is 59.3 Å². The van der Waals surface area contributed by atoms with Crippen LogP contribution in [0.15, 0.2) is 66.7 Å². The van der Waals surface area contributed by atoms with E-state index in [1.807, 2.05) is 48.5 Å². The van der Waals surface area contributed by atoms with Crippen LogP contribution in [0.2, 0.25) is 5.02 Å². The van der Waals surface area contributed by atoms with Crippen LogP contribution < -0.4 is 4.74 Å². The highest BCUT2D eigenvalue weighted by Crippen LogP contribution is 2.38. The summed E-state index contributed by atoms with van der Waals surface area (Å²) >= 11 is 6.15. The number of carbonyl (C=O) groups excluding carboxylic acids is 1. The van der Waals surface area contributed by atoms with E-state index >= 15 is 0 Å². The average molecular weight is 506 g/mol. The summed E-state index contributed by atoms with van der Waals surface area (Å²) in [7, 11) is 0. The van der Waals surface area contributed by atoms with E-state index < -0.39 is 11.6 Å². The lowest BCUT2D eigenvalue weighted by Crippen LogP contribution is -2.35. The predicted octanol–water partition coefficient (Wildman–Crippen LogP) is 6.35. The van der Waals surface area contributed by atoms with E-state index in [0.29, 0.717) is 23.4 Å². The Hall–Kier alpha value is -3.31. The molecule has 0 bridgehead atoms. The number of nitrogens with zero attached hydrogens (tertiary/aromatic N) is 1. The summed E-state index contributed by atoms with van der Waals surface area (Å²) < 4.78 is 6.27. The maximum Gasteiger partial charge on any atom is 0.323 e. The van der Waals surface area contributed by atoms with Gasteiger partial charge in [-0.05, 0) is 72.4 Å². The van der Waals surface area contributed by atoms with Crippen LogP contribution in [0, 0.1) is 0 Å². The number of halogens is 1. The minimum Gasteiger partial charge on any atom is -0.487 e. The average Bonchev–Trinajstić information content (AvgIpc) is 3.17. The summed E-state index contributed by atoms with van der Waals surface area (Å²) in [5.41, 5.74) is 4.20. The number of carboxylic acids is 1. The Labute approximate surface area is 217 Å². The van der Waals surface area contributed by atoms with E-state index in [4.69, 9.17) is 16.3 Å². The Bertz CT molecular complexity index is 1240. The molecule has 5 nitrogen and oxygen atoms in total. The summed E-state index contributed by atoms with van der Waals surface area (Å²) in [6.45, 7) is 4.08. The summed E-state index contributed by atoms with van der Waals surface area (Å²) in [6, 6.07) is 21.2. The third-order valence-corrected chi connectivity index (χ3v) is 6.76. The number of carboxylic acid groups (broad SMARTS) is 1. The van der Waals surface area contributed by atoms with Gasteiger partial charge in [0.2, 0.25) is 0 Å². The predicted molar refractivity (Wildman–Crippen MR) is 142 cm³/mol. The molecule has 0 fully saturated rings. The van der Waals surface area contributed by atoms with Gasteiger partial charge in [-0.25, -0.2) is 0 Å². The van der Waals surface area contributed by atoms with Crippen LogP contribution in [-0.4, -0.2) is 34.0 Å². The standard InChI is InChI=1S/C30H32ClNO4/c1-3-4-6-21-9-11-22(12-10-21)19-32(20-28(33)34)29(35)24-13-14-27-25(16-24)18-30(2,36-27)17-23-7-5-8-26(31)15-23/h5,7-16H,3-4,6,17-20H2,1-2H3,(H,33,34)/t30-/m1/s1. The molecule has 0 aliphatic carbocycles. The highest BCUT2D eigenvalue weighted by molar-refractivity contribution is 6.30. The fourth-order valence-corrected chi connectivity index (χ4v) is 5.00. The number of carbonyl (C=O) groups is 2. The minimum absolute atomic E-state index is 0.235. The third-order valence-electron chi connectivity index (χ3n) is 6.52. The van der Waals surface area contributed by atoms with E-state index in [0.717, 1.165) is 41.7 Å². The molecule has 1 heterocycles. The van der Waals surface area contributed by atoms with Gasteiger partial charge in [0.05, 0.1) is 0 Å². The molecule has 0 radical (unpaired) electrons. The first-order valence-electron chi connectivity index (χ1n) is 12.4. The van der Waals surface area contributed by atoms with Gasteiger partial charge >= 0.3 is 5.97 Å². The number of rotatable bonds is 10. The second-order valence-electron chi connectivity index (χ2n) is 9.83. The zero-order chi connectivity index (χ0) is 25.7. The van der Waals surface area contributed by atoms with Crippen molar-refractivity contribution in [2.24, 2.45) is 0 Å². The van der Waals surface area contributed by atoms with E-state index in [1.54, 1.807) is 6.07 Å². The van der Waals surface area contributed by atoms with Crippen LogP contribution in [0.5, 0.6) is 5.75 Å². The Kier molecular flexibility index (Phi) is 8.00. The Balaban J connectivity index is 1.48. The van der Waals surface area contributed by atoms with Crippen LogP contribution >= 0.6 is 11.6 Å². The molecule has 36 heavy (non-hydrogen) atoms. The first kappa shape index (κ1) is 25.8. The highest BCUT2D eigenvalue weighted by Gasteiger charge is 2.35. The molecule has 0 aromatic heterocycles. The fourth-order valence-electron chi connectivity index (χ4n) is 4.79. The van der Waals surface area contributed by atoms with Crippen molar-refractivity contribution in [2.45, 2.75) is 58.1 Å². The van der Waals surface area contributed by atoms with Gasteiger partial charge in [-0.2, -0.15) is 0 Å². The molecule has 188 valence electrons. The molecule has 4 rings (SSSR count). The van der Waals surface area contributed by atoms with Crippen molar-refractivity contribution in [3.8, 4) is 5.75 Å². The first-order chi connectivity index (χ1) is 17.2. The Morgan fingerprint density at radius 1 is 1.03 bits per heavy atom. The number of aryl methyl sites for hydroxylation is 1. The summed E-state index contributed by atoms with van der Waals surface area (Å²) in [5, 5.41) is 10.1. The molecule has 0 spiro atoms. The Morgan fingerprint density at radius 3 is 2.47 bits per heavy atom. The van der Waals surface area contributed by atoms with Crippen LogP contribution in [-0.2, 0) is 30.6 Å². The van der Waals surface area contributed by atoms with Crippen molar-refractivity contribution in [1.82, 2.24) is 4.90 Å². The lowest BCUT2D eigenvalue weighted by Gasteiger charge is -2.24. The van der Waals surface area contributed by atoms with E-state index in [2.05, 4.69) is 26.0 Å². The molecule has 0 unspecified atom stereocenters. The lowest BCUT2D eigenvalue weighted by molar-refractivity contribution is -0.137. The van der Waals surface area contributed by atoms with Gasteiger partial charge in [0.15, 0.2) is 0 Å². The van der Waals surface area contributed by atoms with Crippen molar-refractivity contribution in [3.63, 3.8) is 0 Å². The van der Waals surface area contributed by atoms with E-state index in [1.165, 1.54) is 10.5 Å². The molecular formula is C30H32ClNO4. The fraction of sp³-hybridized carbons (Fsp3) is 0.333. The van der Waals surface area contributed by atoms with Gasteiger partial charge in [-0.3, -0.25) is 9.59 Å². The van der Waals surface area contributed by atoms with Crippen LogP contribution in [0.3, 0.4) is 0 Å². The van der Waals surface area contributed by atoms with E-state index in [9.17, 15) is 14.7 Å². The van der Waals surface area contributed by atoms with E-state index in [-0.39, 0.29) is 19.0 Å². The van der Waals surface area contributed by atoms with Crippen molar-refractivity contribution in [1.29, 1.82) is 0 Å². The number of amides is 1. The third kappa shape index (κ3) is 6.46. The monoisotopic (exact) mass is 505 g/mol. The number of aliphatic carboxylic acids is 1. The van der Waals surface area contributed by atoms with Gasteiger partial charge in [0.25, 0.3) is 5.91 Å². The number of ether oxygens (including phenoxy) is 1. The van der Waals surface area contributed by atoms with Gasteiger partial charge < -0.3 is 14.7 Å². The number of unbranched alkanes of at least 4 members (excludes halogenated alkanes) is 1. The summed E-state index contributed by atoms with van der Waals surface area (Å²) in [4.78, 5) is 26.3. The summed E-state index contributed by atoms with van der Waals surface area (Å²) in [5.74, 6) is -0.594. The quantitative estimate of drug-likeness (QED) is 0.349. The van der Waals surface area contributed by atoms with Gasteiger partial charge in [0.1, 0.15) is 17.9 Å². The maximum absolute atomic E-state index is 13.4. The molecular weight excluding hydrogens is 474 g/mol. The SMILES string of the molecule is CCCCc1ccc(CN(CC(=O)O)C(=O)c2ccc3c(c2)C[C@@](C)(Cc2cccc(Cl)c2)O3)cc1. The molecule has 1 aliphatic heterocycles. The molecule has 6 heteroatoms. The van der Waals surface area contributed by atoms with Gasteiger partial charge in [-0.1, -0.05) is 61.3 Å². The maximum atomic E-state index is 13.4. The first-order valence-corrected chi connectivity index (χ1v) is 12.8. The molecule has 1 amide bonds. The molecule has 1 aliphatic rings.